The second-order valence-corrected chi connectivity index (χ2v) is 6.98. The molecule has 2 aromatic carbocycles. The van der Waals surface area contributed by atoms with Gasteiger partial charge in [0, 0.05) is 17.4 Å². The van der Waals surface area contributed by atoms with Crippen molar-refractivity contribution in [3.63, 3.8) is 0 Å². The number of fused-ring (bicyclic) bond motifs is 1. The minimum Gasteiger partial charge on any atom is -0.322 e. The predicted octanol–water partition coefficient (Wildman–Crippen LogP) is 5.63. The fourth-order valence-electron chi connectivity index (χ4n) is 2.62. The molecule has 0 aliphatic carbocycles. The molecule has 1 amide bonds. The van der Waals surface area contributed by atoms with Crippen molar-refractivity contribution >= 4 is 33.1 Å². The standard InChI is InChI=1S/C20H12F3N3OS/c21-20(22,23)17-9-8-13(11-24-17)18(27)25-14-5-3-4-12(10-14)19-26-15-6-1-2-7-16(15)28-19/h1-11H,(H,25,27). The predicted molar refractivity (Wildman–Crippen MR) is 102 cm³/mol. The lowest BCUT2D eigenvalue weighted by molar-refractivity contribution is -0.141. The first-order chi connectivity index (χ1) is 13.4. The van der Waals surface area contributed by atoms with Gasteiger partial charge in [-0.05, 0) is 36.4 Å². The number of carbonyl (C=O) groups is 1. The Kier molecular flexibility index (Phi) is 4.56. The van der Waals surface area contributed by atoms with E-state index in [4.69, 9.17) is 0 Å². The summed E-state index contributed by atoms with van der Waals surface area (Å²) in [5.74, 6) is -0.539. The van der Waals surface area contributed by atoms with Gasteiger partial charge in [-0.15, -0.1) is 11.3 Å². The second-order valence-electron chi connectivity index (χ2n) is 5.95. The van der Waals surface area contributed by atoms with Crippen molar-refractivity contribution in [3.8, 4) is 10.6 Å². The van der Waals surface area contributed by atoms with Crippen LogP contribution in [-0.2, 0) is 6.18 Å². The van der Waals surface area contributed by atoms with Crippen molar-refractivity contribution in [2.45, 2.75) is 6.18 Å². The van der Waals surface area contributed by atoms with E-state index in [1.54, 1.807) is 18.2 Å². The van der Waals surface area contributed by atoms with Gasteiger partial charge in [0.05, 0.1) is 15.8 Å². The molecule has 2 heterocycles. The summed E-state index contributed by atoms with van der Waals surface area (Å²) in [5.41, 5.74) is 1.25. The number of aromatic nitrogens is 2. The number of pyridine rings is 1. The number of amides is 1. The van der Waals surface area contributed by atoms with Gasteiger partial charge in [0.15, 0.2) is 0 Å². The van der Waals surface area contributed by atoms with E-state index in [2.05, 4.69) is 15.3 Å². The number of nitrogens with one attached hydrogen (secondary N) is 1. The molecule has 0 unspecified atom stereocenters. The molecule has 1 N–H and O–H groups in total. The van der Waals surface area contributed by atoms with Crippen molar-refractivity contribution in [2.24, 2.45) is 0 Å². The van der Waals surface area contributed by atoms with E-state index < -0.39 is 17.8 Å². The minimum atomic E-state index is -4.54. The number of hydrogen-bond acceptors (Lipinski definition) is 4. The van der Waals surface area contributed by atoms with Crippen LogP contribution in [0.1, 0.15) is 16.1 Å². The number of para-hydroxylation sites is 1. The summed E-state index contributed by atoms with van der Waals surface area (Å²) in [6, 6.07) is 16.8. The first-order valence-electron chi connectivity index (χ1n) is 8.21. The monoisotopic (exact) mass is 399 g/mol. The average Bonchev–Trinajstić information content (AvgIpc) is 3.12. The van der Waals surface area contributed by atoms with Crippen molar-refractivity contribution < 1.29 is 18.0 Å². The number of rotatable bonds is 3. The van der Waals surface area contributed by atoms with Gasteiger partial charge in [0.25, 0.3) is 5.91 Å². The Bertz CT molecular complexity index is 1120. The highest BCUT2D eigenvalue weighted by atomic mass is 32.1. The lowest BCUT2D eigenvalue weighted by Gasteiger charge is -2.08. The number of halogens is 3. The molecule has 0 radical (unpaired) electrons. The smallest absolute Gasteiger partial charge is 0.322 e. The highest BCUT2D eigenvalue weighted by Gasteiger charge is 2.32. The summed E-state index contributed by atoms with van der Waals surface area (Å²) in [4.78, 5) is 20.2. The van der Waals surface area contributed by atoms with Crippen molar-refractivity contribution in [2.75, 3.05) is 5.32 Å². The number of hydrogen-bond donors (Lipinski definition) is 1. The Hall–Kier alpha value is -3.26. The minimum absolute atomic E-state index is 0.0402. The number of anilines is 1. The van der Waals surface area contributed by atoms with Crippen LogP contribution in [-0.4, -0.2) is 15.9 Å². The molecule has 0 spiro atoms. The van der Waals surface area contributed by atoms with Gasteiger partial charge >= 0.3 is 6.18 Å². The zero-order valence-corrected chi connectivity index (χ0v) is 15.0. The summed E-state index contributed by atoms with van der Waals surface area (Å²) in [6.45, 7) is 0. The van der Waals surface area contributed by atoms with Gasteiger partial charge in [0.2, 0.25) is 0 Å². The molecule has 0 aliphatic rings. The molecule has 0 fully saturated rings. The van der Waals surface area contributed by atoms with Crippen LogP contribution in [0.15, 0.2) is 66.9 Å². The van der Waals surface area contributed by atoms with Crippen LogP contribution in [0.5, 0.6) is 0 Å². The molecule has 0 saturated carbocycles. The summed E-state index contributed by atoms with van der Waals surface area (Å²) in [6.07, 6.45) is -3.63. The van der Waals surface area contributed by atoms with E-state index in [1.807, 2.05) is 30.3 Å². The first-order valence-corrected chi connectivity index (χ1v) is 9.02. The molecule has 0 saturated heterocycles. The molecule has 4 nitrogen and oxygen atoms in total. The quantitative estimate of drug-likeness (QED) is 0.486. The first kappa shape index (κ1) is 18.1. The number of thiazole rings is 1. The lowest BCUT2D eigenvalue weighted by atomic mass is 10.2. The van der Waals surface area contributed by atoms with Gasteiger partial charge in [-0.3, -0.25) is 9.78 Å². The van der Waals surface area contributed by atoms with Crippen molar-refractivity contribution in [1.29, 1.82) is 0 Å². The molecule has 140 valence electrons. The maximum absolute atomic E-state index is 12.6. The molecular formula is C20H12F3N3OS. The summed E-state index contributed by atoms with van der Waals surface area (Å²) < 4.78 is 38.8. The van der Waals surface area contributed by atoms with Crippen LogP contribution < -0.4 is 5.32 Å². The zero-order chi connectivity index (χ0) is 19.7. The summed E-state index contributed by atoms with van der Waals surface area (Å²) >= 11 is 1.54. The Morgan fingerprint density at radius 1 is 1.00 bits per heavy atom. The largest absolute Gasteiger partial charge is 0.433 e. The Balaban J connectivity index is 1.55. The molecule has 2 aromatic heterocycles. The molecule has 28 heavy (non-hydrogen) atoms. The van der Waals surface area contributed by atoms with E-state index in [0.29, 0.717) is 5.69 Å². The van der Waals surface area contributed by atoms with Gasteiger partial charge in [-0.1, -0.05) is 24.3 Å². The molecule has 8 heteroatoms. The van der Waals surface area contributed by atoms with E-state index in [0.717, 1.165) is 39.1 Å². The van der Waals surface area contributed by atoms with E-state index in [1.165, 1.54) is 11.3 Å². The van der Waals surface area contributed by atoms with Gasteiger partial charge in [-0.25, -0.2) is 4.98 Å². The Morgan fingerprint density at radius 2 is 1.82 bits per heavy atom. The summed E-state index contributed by atoms with van der Waals surface area (Å²) in [5, 5.41) is 3.49. The molecule has 0 bridgehead atoms. The number of nitrogens with zero attached hydrogens (tertiary/aromatic N) is 2. The topological polar surface area (TPSA) is 54.9 Å². The molecule has 4 aromatic rings. The highest BCUT2D eigenvalue weighted by molar-refractivity contribution is 7.21. The van der Waals surface area contributed by atoms with Gasteiger partial charge < -0.3 is 5.32 Å². The van der Waals surface area contributed by atoms with Crippen LogP contribution >= 0.6 is 11.3 Å². The fraction of sp³-hybridized carbons (Fsp3) is 0.0500. The third-order valence-corrected chi connectivity index (χ3v) is 5.06. The maximum Gasteiger partial charge on any atom is 0.433 e. The summed E-state index contributed by atoms with van der Waals surface area (Å²) in [7, 11) is 0. The maximum atomic E-state index is 12.6. The van der Waals surface area contributed by atoms with Crippen LogP contribution in [0.3, 0.4) is 0 Å². The highest BCUT2D eigenvalue weighted by Crippen LogP contribution is 2.31. The van der Waals surface area contributed by atoms with Crippen LogP contribution in [0, 0.1) is 0 Å². The van der Waals surface area contributed by atoms with E-state index >= 15 is 0 Å². The molecule has 0 aliphatic heterocycles. The fourth-order valence-corrected chi connectivity index (χ4v) is 3.59. The van der Waals surface area contributed by atoms with Crippen LogP contribution in [0.2, 0.25) is 0 Å². The third kappa shape index (κ3) is 3.72. The van der Waals surface area contributed by atoms with Gasteiger partial charge in [0.1, 0.15) is 10.7 Å². The number of carbonyl (C=O) groups excluding carboxylic acids is 1. The Labute approximate surface area is 161 Å². The Morgan fingerprint density at radius 3 is 2.54 bits per heavy atom. The van der Waals surface area contributed by atoms with Crippen LogP contribution in [0.4, 0.5) is 18.9 Å². The van der Waals surface area contributed by atoms with Crippen molar-refractivity contribution in [1.82, 2.24) is 9.97 Å². The van der Waals surface area contributed by atoms with Gasteiger partial charge in [-0.2, -0.15) is 13.2 Å². The normalized spacial score (nSPS) is 11.5. The van der Waals surface area contributed by atoms with E-state index in [9.17, 15) is 18.0 Å². The SMILES string of the molecule is O=C(Nc1cccc(-c2nc3ccccc3s2)c1)c1ccc(C(F)(F)F)nc1. The average molecular weight is 399 g/mol. The molecule has 0 atom stereocenters. The van der Waals surface area contributed by atoms with Crippen molar-refractivity contribution in [3.05, 3.63) is 78.1 Å². The number of alkyl halides is 3. The van der Waals surface area contributed by atoms with E-state index in [-0.39, 0.29) is 5.56 Å². The number of benzene rings is 2. The van der Waals surface area contributed by atoms with Crippen LogP contribution in [0.25, 0.3) is 20.8 Å². The third-order valence-electron chi connectivity index (χ3n) is 3.98. The second kappa shape index (κ2) is 7.05. The lowest BCUT2D eigenvalue weighted by Crippen LogP contribution is -2.14. The zero-order valence-electron chi connectivity index (χ0n) is 14.2. The molecule has 4 rings (SSSR count). The molecular weight excluding hydrogens is 387 g/mol.